The molecular formula is C13H24N4OS. The van der Waals surface area contributed by atoms with Gasteiger partial charge in [0.25, 0.3) is 0 Å². The van der Waals surface area contributed by atoms with Crippen molar-refractivity contribution in [3.05, 3.63) is 11.6 Å². The van der Waals surface area contributed by atoms with Crippen molar-refractivity contribution < 1.29 is 4.74 Å². The van der Waals surface area contributed by atoms with Crippen LogP contribution in [-0.4, -0.2) is 62.4 Å². The molecule has 108 valence electrons. The molecule has 1 aliphatic heterocycles. The molecule has 1 aliphatic rings. The number of ether oxygens (including phenoxy) is 1. The molecule has 2 N–H and O–H groups in total. The molecule has 5 nitrogen and oxygen atoms in total. The lowest BCUT2D eigenvalue weighted by atomic mass is 10.1. The lowest BCUT2D eigenvalue weighted by Gasteiger charge is -2.35. The van der Waals surface area contributed by atoms with Gasteiger partial charge in [-0.25, -0.2) is 4.98 Å². The fourth-order valence-electron chi connectivity index (χ4n) is 2.41. The molecule has 2 heterocycles. The molecule has 0 amide bonds. The van der Waals surface area contributed by atoms with Crippen LogP contribution < -0.4 is 10.6 Å². The second-order valence-corrected chi connectivity index (χ2v) is 5.87. The van der Waals surface area contributed by atoms with E-state index in [0.717, 1.165) is 57.3 Å². The van der Waals surface area contributed by atoms with Crippen LogP contribution in [0.15, 0.2) is 11.6 Å². The van der Waals surface area contributed by atoms with Crippen molar-refractivity contribution in [2.24, 2.45) is 5.73 Å². The zero-order valence-electron chi connectivity index (χ0n) is 11.6. The molecule has 0 spiro atoms. The van der Waals surface area contributed by atoms with Crippen molar-refractivity contribution in [1.29, 1.82) is 0 Å². The van der Waals surface area contributed by atoms with E-state index >= 15 is 0 Å². The van der Waals surface area contributed by atoms with E-state index in [2.05, 4.69) is 14.8 Å². The van der Waals surface area contributed by atoms with Crippen LogP contribution in [0, 0.1) is 0 Å². The Morgan fingerprint density at radius 3 is 2.84 bits per heavy atom. The van der Waals surface area contributed by atoms with Gasteiger partial charge >= 0.3 is 0 Å². The Bertz CT molecular complexity index is 338. The number of thiazole rings is 1. The Morgan fingerprint density at radius 1 is 1.42 bits per heavy atom. The van der Waals surface area contributed by atoms with E-state index in [0.29, 0.717) is 0 Å². The molecule has 0 aliphatic carbocycles. The standard InChI is InChI=1S/C13H24N4OS/c1-18-9-2-3-12(14)11-16-5-7-17(8-6-16)13-15-4-10-19-13/h4,10,12H,2-3,5-9,11,14H2,1H3. The van der Waals surface area contributed by atoms with Gasteiger partial charge in [0.15, 0.2) is 5.13 Å². The van der Waals surface area contributed by atoms with Crippen LogP contribution in [0.1, 0.15) is 12.8 Å². The molecule has 6 heteroatoms. The summed E-state index contributed by atoms with van der Waals surface area (Å²) in [5, 5.41) is 3.18. The minimum Gasteiger partial charge on any atom is -0.385 e. The maximum absolute atomic E-state index is 6.15. The first kappa shape index (κ1) is 14.7. The van der Waals surface area contributed by atoms with E-state index in [9.17, 15) is 0 Å². The maximum atomic E-state index is 6.15. The molecular weight excluding hydrogens is 260 g/mol. The highest BCUT2D eigenvalue weighted by Crippen LogP contribution is 2.18. The number of anilines is 1. The van der Waals surface area contributed by atoms with Crippen molar-refractivity contribution in [1.82, 2.24) is 9.88 Å². The molecule has 0 aromatic carbocycles. The lowest BCUT2D eigenvalue weighted by molar-refractivity contribution is 0.183. The Kier molecular flexibility index (Phi) is 6.03. The van der Waals surface area contributed by atoms with E-state index in [1.165, 1.54) is 0 Å². The fourth-order valence-corrected chi connectivity index (χ4v) is 3.10. The van der Waals surface area contributed by atoms with E-state index < -0.39 is 0 Å². The van der Waals surface area contributed by atoms with Gasteiger partial charge < -0.3 is 15.4 Å². The number of aromatic nitrogens is 1. The van der Waals surface area contributed by atoms with Crippen LogP contribution >= 0.6 is 11.3 Å². The average molecular weight is 284 g/mol. The molecule has 1 fully saturated rings. The Hall–Kier alpha value is -0.690. The van der Waals surface area contributed by atoms with Gasteiger partial charge in [-0.1, -0.05) is 0 Å². The maximum Gasteiger partial charge on any atom is 0.185 e. The number of piperazine rings is 1. The predicted molar refractivity (Wildman–Crippen MR) is 79.9 cm³/mol. The van der Waals surface area contributed by atoms with Gasteiger partial charge in [-0.15, -0.1) is 11.3 Å². The third kappa shape index (κ3) is 4.72. The molecule has 0 radical (unpaired) electrons. The quantitative estimate of drug-likeness (QED) is 0.758. The van der Waals surface area contributed by atoms with Crippen molar-refractivity contribution in [3.63, 3.8) is 0 Å². The fraction of sp³-hybridized carbons (Fsp3) is 0.769. The first-order chi connectivity index (χ1) is 9.29. The Balaban J connectivity index is 1.66. The van der Waals surface area contributed by atoms with Crippen molar-refractivity contribution >= 4 is 16.5 Å². The normalized spacial score (nSPS) is 18.7. The van der Waals surface area contributed by atoms with Crippen LogP contribution in [-0.2, 0) is 4.74 Å². The van der Waals surface area contributed by atoms with Gasteiger partial charge in [0.05, 0.1) is 0 Å². The summed E-state index contributed by atoms with van der Waals surface area (Å²) >= 11 is 1.72. The zero-order chi connectivity index (χ0) is 13.5. The summed E-state index contributed by atoms with van der Waals surface area (Å²) in [4.78, 5) is 9.18. The first-order valence-corrected chi connectivity index (χ1v) is 7.79. The molecule has 1 saturated heterocycles. The molecule has 1 atom stereocenters. The number of hydrogen-bond donors (Lipinski definition) is 1. The summed E-state index contributed by atoms with van der Waals surface area (Å²) in [5.41, 5.74) is 6.15. The molecule has 1 aromatic heterocycles. The third-order valence-corrected chi connectivity index (χ3v) is 4.31. The Labute approximate surface area is 119 Å². The summed E-state index contributed by atoms with van der Waals surface area (Å²) in [5.74, 6) is 0. The van der Waals surface area contributed by atoms with E-state index in [1.807, 2.05) is 11.6 Å². The van der Waals surface area contributed by atoms with Gasteiger partial charge in [0, 0.05) is 64.1 Å². The summed E-state index contributed by atoms with van der Waals surface area (Å²) in [6.45, 7) is 6.08. The van der Waals surface area contributed by atoms with Crippen LogP contribution in [0.25, 0.3) is 0 Å². The zero-order valence-corrected chi connectivity index (χ0v) is 12.4. The van der Waals surface area contributed by atoms with Crippen LogP contribution in [0.2, 0.25) is 0 Å². The number of nitrogens with zero attached hydrogens (tertiary/aromatic N) is 3. The summed E-state index contributed by atoms with van der Waals surface area (Å²) in [7, 11) is 1.74. The first-order valence-electron chi connectivity index (χ1n) is 6.91. The summed E-state index contributed by atoms with van der Waals surface area (Å²) < 4.78 is 5.06. The molecule has 0 bridgehead atoms. The second-order valence-electron chi connectivity index (χ2n) is 5.00. The minimum atomic E-state index is 0.265. The molecule has 1 unspecified atom stereocenters. The topological polar surface area (TPSA) is 54.6 Å². The lowest BCUT2D eigenvalue weighted by Crippen LogP contribution is -2.49. The van der Waals surface area contributed by atoms with E-state index in [4.69, 9.17) is 10.5 Å². The molecule has 1 aromatic rings. The van der Waals surface area contributed by atoms with Gasteiger partial charge in [-0.3, -0.25) is 4.90 Å². The van der Waals surface area contributed by atoms with E-state index in [-0.39, 0.29) is 6.04 Å². The number of hydrogen-bond acceptors (Lipinski definition) is 6. The van der Waals surface area contributed by atoms with Crippen molar-refractivity contribution in [2.75, 3.05) is 51.3 Å². The largest absolute Gasteiger partial charge is 0.385 e. The number of nitrogens with two attached hydrogens (primary N) is 1. The van der Waals surface area contributed by atoms with E-state index in [1.54, 1.807) is 18.4 Å². The molecule has 2 rings (SSSR count). The monoisotopic (exact) mass is 284 g/mol. The second kappa shape index (κ2) is 7.79. The highest BCUT2D eigenvalue weighted by atomic mass is 32.1. The minimum absolute atomic E-state index is 0.265. The Morgan fingerprint density at radius 2 is 2.21 bits per heavy atom. The third-order valence-electron chi connectivity index (χ3n) is 3.48. The van der Waals surface area contributed by atoms with Gasteiger partial charge in [0.1, 0.15) is 0 Å². The highest BCUT2D eigenvalue weighted by Gasteiger charge is 2.19. The average Bonchev–Trinajstić information content (AvgIpc) is 2.94. The molecule has 19 heavy (non-hydrogen) atoms. The SMILES string of the molecule is COCCCC(N)CN1CCN(c2nccs2)CC1. The van der Waals surface area contributed by atoms with Gasteiger partial charge in [-0.05, 0) is 12.8 Å². The smallest absolute Gasteiger partial charge is 0.185 e. The summed E-state index contributed by atoms with van der Waals surface area (Å²) in [6, 6.07) is 0.265. The summed E-state index contributed by atoms with van der Waals surface area (Å²) in [6.07, 6.45) is 3.97. The van der Waals surface area contributed by atoms with Gasteiger partial charge in [-0.2, -0.15) is 0 Å². The number of rotatable bonds is 7. The van der Waals surface area contributed by atoms with Crippen molar-refractivity contribution in [2.45, 2.75) is 18.9 Å². The number of methoxy groups -OCH3 is 1. The van der Waals surface area contributed by atoms with Crippen LogP contribution in [0.3, 0.4) is 0 Å². The van der Waals surface area contributed by atoms with Crippen molar-refractivity contribution in [3.8, 4) is 0 Å². The van der Waals surface area contributed by atoms with Gasteiger partial charge in [0.2, 0.25) is 0 Å². The van der Waals surface area contributed by atoms with Crippen LogP contribution in [0.4, 0.5) is 5.13 Å². The molecule has 0 saturated carbocycles. The predicted octanol–water partition coefficient (Wildman–Crippen LogP) is 1.02. The highest BCUT2D eigenvalue weighted by molar-refractivity contribution is 7.13. The van der Waals surface area contributed by atoms with Crippen LogP contribution in [0.5, 0.6) is 0 Å².